The van der Waals surface area contributed by atoms with Gasteiger partial charge in [0.05, 0.1) is 17.6 Å². The number of rotatable bonds is 5. The lowest BCUT2D eigenvalue weighted by Crippen LogP contribution is -2.12. The third-order valence-electron chi connectivity index (χ3n) is 4.43. The molecule has 0 aliphatic carbocycles. The smallest absolute Gasteiger partial charge is 0.255 e. The average molecular weight is 370 g/mol. The molecule has 6 nitrogen and oxygen atoms in total. The first-order valence-corrected chi connectivity index (χ1v) is 8.84. The Morgan fingerprint density at radius 2 is 1.57 bits per heavy atom. The van der Waals surface area contributed by atoms with Crippen molar-refractivity contribution in [2.45, 2.75) is 6.54 Å². The Kier molecular flexibility index (Phi) is 4.70. The Hall–Kier alpha value is -3.77. The lowest BCUT2D eigenvalue weighted by molar-refractivity contribution is 0.102. The number of nitrogens with zero attached hydrogens (tertiary/aromatic N) is 1. The van der Waals surface area contributed by atoms with Crippen LogP contribution in [-0.2, 0) is 6.54 Å². The Bertz CT molecular complexity index is 1150. The van der Waals surface area contributed by atoms with E-state index in [-0.39, 0.29) is 11.7 Å². The number of carbonyl (C=O) groups is 2. The minimum absolute atomic E-state index is 0.0760. The van der Waals surface area contributed by atoms with Gasteiger partial charge in [0.2, 0.25) is 0 Å². The van der Waals surface area contributed by atoms with E-state index in [1.165, 1.54) is 0 Å². The van der Waals surface area contributed by atoms with E-state index in [2.05, 4.69) is 15.3 Å². The molecule has 0 unspecified atom stereocenters. The highest BCUT2D eigenvalue weighted by molar-refractivity contribution is 6.10. The molecule has 1 aromatic heterocycles. The summed E-state index contributed by atoms with van der Waals surface area (Å²) in [5.41, 5.74) is 9.46. The number of H-pyrrole nitrogens is 1. The molecule has 1 heterocycles. The molecule has 0 bridgehead atoms. The fourth-order valence-corrected chi connectivity index (χ4v) is 2.97. The molecule has 6 heteroatoms. The van der Waals surface area contributed by atoms with E-state index in [1.54, 1.807) is 42.5 Å². The quantitative estimate of drug-likeness (QED) is 0.468. The number of aromatic nitrogens is 2. The number of carbonyl (C=O) groups excluding carboxylic acids is 2. The van der Waals surface area contributed by atoms with Gasteiger partial charge in [-0.2, -0.15) is 0 Å². The zero-order valence-electron chi connectivity index (χ0n) is 15.0. The number of aromatic amines is 1. The SMILES string of the molecule is NCc1nc2ccc(NC(=O)c3ccc(C(=O)c4ccccc4)cc3)cc2[nH]1. The molecule has 0 spiro atoms. The van der Waals surface area contributed by atoms with Crippen LogP contribution in [0.2, 0.25) is 0 Å². The standard InChI is InChI=1S/C22H18N4O2/c23-13-20-25-18-11-10-17(12-19(18)26-20)24-22(28)16-8-6-15(7-9-16)21(27)14-4-2-1-3-5-14/h1-12H,13,23H2,(H,24,28)(H,25,26). The van der Waals surface area contributed by atoms with Gasteiger partial charge >= 0.3 is 0 Å². The van der Waals surface area contributed by atoms with Crippen LogP contribution in [-0.4, -0.2) is 21.7 Å². The number of nitrogens with two attached hydrogens (primary N) is 1. The second-order valence-electron chi connectivity index (χ2n) is 6.35. The highest BCUT2D eigenvalue weighted by Gasteiger charge is 2.11. The van der Waals surface area contributed by atoms with E-state index < -0.39 is 0 Å². The molecule has 0 saturated carbocycles. The Morgan fingerprint density at radius 3 is 2.29 bits per heavy atom. The summed E-state index contributed by atoms with van der Waals surface area (Å²) in [6.45, 7) is 0.324. The zero-order chi connectivity index (χ0) is 19.5. The Labute approximate surface area is 161 Å². The molecule has 0 fully saturated rings. The molecule has 4 rings (SSSR count). The Balaban J connectivity index is 1.50. The fraction of sp³-hybridized carbons (Fsp3) is 0.0455. The largest absolute Gasteiger partial charge is 0.341 e. The molecule has 28 heavy (non-hydrogen) atoms. The van der Waals surface area contributed by atoms with Gasteiger partial charge in [0.15, 0.2) is 5.78 Å². The highest BCUT2D eigenvalue weighted by atomic mass is 16.1. The Morgan fingerprint density at radius 1 is 0.893 bits per heavy atom. The van der Waals surface area contributed by atoms with Gasteiger partial charge in [0, 0.05) is 22.4 Å². The van der Waals surface area contributed by atoms with Crippen LogP contribution in [0.3, 0.4) is 0 Å². The van der Waals surface area contributed by atoms with E-state index in [9.17, 15) is 9.59 Å². The van der Waals surface area contributed by atoms with Crippen molar-refractivity contribution in [3.8, 4) is 0 Å². The first kappa shape index (κ1) is 17.6. The van der Waals surface area contributed by atoms with Gasteiger partial charge in [-0.1, -0.05) is 42.5 Å². The predicted octanol–water partition coefficient (Wildman–Crippen LogP) is 3.50. The predicted molar refractivity (Wildman–Crippen MR) is 108 cm³/mol. The molecule has 0 aliphatic heterocycles. The van der Waals surface area contributed by atoms with Crippen molar-refractivity contribution in [2.75, 3.05) is 5.32 Å². The van der Waals surface area contributed by atoms with E-state index in [0.717, 1.165) is 11.0 Å². The molecule has 0 atom stereocenters. The number of anilines is 1. The van der Waals surface area contributed by atoms with Gasteiger partial charge in [-0.25, -0.2) is 4.98 Å². The number of benzene rings is 3. The number of imidazole rings is 1. The third kappa shape index (κ3) is 3.54. The monoisotopic (exact) mass is 370 g/mol. The van der Waals surface area contributed by atoms with Crippen molar-refractivity contribution >= 4 is 28.4 Å². The molecule has 0 aliphatic rings. The van der Waals surface area contributed by atoms with Gasteiger partial charge in [0.25, 0.3) is 5.91 Å². The van der Waals surface area contributed by atoms with Crippen LogP contribution >= 0.6 is 0 Å². The van der Waals surface area contributed by atoms with Crippen molar-refractivity contribution < 1.29 is 9.59 Å². The summed E-state index contributed by atoms with van der Waals surface area (Å²) in [4.78, 5) is 32.4. The maximum Gasteiger partial charge on any atom is 0.255 e. The summed E-state index contributed by atoms with van der Waals surface area (Å²) in [6, 6.07) is 21.1. The summed E-state index contributed by atoms with van der Waals surface area (Å²) in [6.07, 6.45) is 0. The van der Waals surface area contributed by atoms with Crippen LogP contribution in [0.5, 0.6) is 0 Å². The van der Waals surface area contributed by atoms with Gasteiger partial charge in [-0.05, 0) is 30.3 Å². The lowest BCUT2D eigenvalue weighted by atomic mass is 10.0. The molecule has 138 valence electrons. The van der Waals surface area contributed by atoms with Crippen LogP contribution < -0.4 is 11.1 Å². The number of hydrogen-bond acceptors (Lipinski definition) is 4. The average Bonchev–Trinajstić information content (AvgIpc) is 3.16. The number of fused-ring (bicyclic) bond motifs is 1. The maximum absolute atomic E-state index is 12.5. The van der Waals surface area contributed by atoms with Gasteiger partial charge in [0.1, 0.15) is 5.82 Å². The topological polar surface area (TPSA) is 101 Å². The first-order chi connectivity index (χ1) is 13.6. The van der Waals surface area contributed by atoms with E-state index in [0.29, 0.717) is 34.7 Å². The molecule has 4 N–H and O–H groups in total. The number of nitrogens with one attached hydrogen (secondary N) is 2. The lowest BCUT2D eigenvalue weighted by Gasteiger charge is -2.06. The molecule has 3 aromatic carbocycles. The number of amides is 1. The molecule has 0 radical (unpaired) electrons. The van der Waals surface area contributed by atoms with Gasteiger partial charge in [-0.15, -0.1) is 0 Å². The summed E-state index contributed by atoms with van der Waals surface area (Å²) in [7, 11) is 0. The molecule has 4 aromatic rings. The van der Waals surface area contributed by atoms with Crippen LogP contribution in [0.25, 0.3) is 11.0 Å². The van der Waals surface area contributed by atoms with Crippen LogP contribution in [0.4, 0.5) is 5.69 Å². The zero-order valence-corrected chi connectivity index (χ0v) is 15.0. The van der Waals surface area contributed by atoms with Crippen LogP contribution in [0.1, 0.15) is 32.1 Å². The van der Waals surface area contributed by atoms with E-state index >= 15 is 0 Å². The molecular weight excluding hydrogens is 352 g/mol. The highest BCUT2D eigenvalue weighted by Crippen LogP contribution is 2.18. The fourth-order valence-electron chi connectivity index (χ4n) is 2.97. The van der Waals surface area contributed by atoms with Crippen molar-refractivity contribution in [3.63, 3.8) is 0 Å². The maximum atomic E-state index is 12.5. The summed E-state index contributed by atoms with van der Waals surface area (Å²) in [5.74, 6) is 0.363. The minimum Gasteiger partial charge on any atom is -0.341 e. The van der Waals surface area contributed by atoms with E-state index in [4.69, 9.17) is 5.73 Å². The second kappa shape index (κ2) is 7.46. The van der Waals surface area contributed by atoms with Crippen molar-refractivity contribution in [1.29, 1.82) is 0 Å². The normalized spacial score (nSPS) is 10.8. The second-order valence-corrected chi connectivity index (χ2v) is 6.35. The summed E-state index contributed by atoms with van der Waals surface area (Å²) < 4.78 is 0. The van der Waals surface area contributed by atoms with Crippen molar-refractivity contribution in [1.82, 2.24) is 9.97 Å². The van der Waals surface area contributed by atoms with Gasteiger partial charge < -0.3 is 16.0 Å². The molecular formula is C22H18N4O2. The summed E-state index contributed by atoms with van der Waals surface area (Å²) in [5, 5.41) is 2.86. The van der Waals surface area contributed by atoms with Gasteiger partial charge in [-0.3, -0.25) is 9.59 Å². The molecule has 0 saturated heterocycles. The van der Waals surface area contributed by atoms with Crippen molar-refractivity contribution in [3.05, 3.63) is 95.3 Å². The van der Waals surface area contributed by atoms with Crippen LogP contribution in [0, 0.1) is 0 Å². The third-order valence-corrected chi connectivity index (χ3v) is 4.43. The first-order valence-electron chi connectivity index (χ1n) is 8.84. The van der Waals surface area contributed by atoms with Crippen molar-refractivity contribution in [2.24, 2.45) is 5.73 Å². The number of ketones is 1. The number of hydrogen-bond donors (Lipinski definition) is 3. The minimum atomic E-state index is -0.253. The van der Waals surface area contributed by atoms with Crippen LogP contribution in [0.15, 0.2) is 72.8 Å². The molecule has 1 amide bonds. The van der Waals surface area contributed by atoms with E-state index in [1.807, 2.05) is 30.3 Å². The summed E-state index contributed by atoms with van der Waals surface area (Å²) >= 11 is 0.